The molecule has 0 spiro atoms. The van der Waals surface area contributed by atoms with Crippen molar-refractivity contribution in [1.82, 2.24) is 0 Å². The largest absolute Gasteiger partial charge is 1.00 e. The molecule has 0 fully saturated rings. The van der Waals surface area contributed by atoms with Crippen molar-refractivity contribution in [3.63, 3.8) is 0 Å². The van der Waals surface area contributed by atoms with Crippen LogP contribution in [0.25, 0.3) is 0 Å². The molecule has 0 aromatic carbocycles. The van der Waals surface area contributed by atoms with Gasteiger partial charge in [0.05, 0.1) is 0 Å². The molecule has 0 aliphatic rings. The van der Waals surface area contributed by atoms with Gasteiger partial charge in [-0.1, -0.05) is 0 Å². The average Bonchev–Trinajstić information content (AvgIpc) is 0. The quantitative estimate of drug-likeness (QED) is 0.346. The van der Waals surface area contributed by atoms with Gasteiger partial charge in [-0.25, -0.2) is 0 Å². The van der Waals surface area contributed by atoms with Gasteiger partial charge in [-0.05, 0) is 0 Å². The first-order valence-corrected chi connectivity index (χ1v) is 0. The Morgan fingerprint density at radius 3 is 0.667 bits per heavy atom. The third-order valence-corrected chi connectivity index (χ3v) is 0. The van der Waals surface area contributed by atoms with E-state index in [0.717, 1.165) is 0 Å². The fraction of sp³-hybridized carbons (Fsp3) is 0. The molecule has 0 N–H and O–H groups in total. The summed E-state index contributed by atoms with van der Waals surface area (Å²) in [5, 5.41) is 0. The number of halogens is 4. The van der Waals surface area contributed by atoms with E-state index in [0.29, 0.717) is 0 Å². The Balaban J connectivity index is 0. The zero-order valence-electron chi connectivity index (χ0n) is 3.89. The second kappa shape index (κ2) is 64.6. The Kier molecular flexibility index (Phi) is 1080. The van der Waals surface area contributed by atoms with Crippen LogP contribution in [0.3, 0.4) is 0 Å². The molecule has 0 rings (SSSR count). The predicted molar refractivity (Wildman–Crippen MR) is 11.1 cm³/mol. The maximum atomic E-state index is 0. The van der Waals surface area contributed by atoms with Gasteiger partial charge in [0.25, 0.3) is 0 Å². The summed E-state index contributed by atoms with van der Waals surface area (Å²) in [6, 6.07) is 0. The zero-order chi connectivity index (χ0) is 0. The van der Waals surface area contributed by atoms with Gasteiger partial charge in [0.2, 0.25) is 0 Å². The summed E-state index contributed by atoms with van der Waals surface area (Å²) in [5.41, 5.74) is 0. The van der Waals surface area contributed by atoms with Crippen LogP contribution >= 0.6 is 0 Å². The van der Waals surface area contributed by atoms with E-state index in [1.807, 2.05) is 0 Å². The van der Waals surface area contributed by atoms with Gasteiger partial charge in [0.1, 0.15) is 0 Å². The summed E-state index contributed by atoms with van der Waals surface area (Å²) >= 11 is 0. The van der Waals surface area contributed by atoms with E-state index < -0.39 is 0 Å². The van der Waals surface area contributed by atoms with Crippen LogP contribution in [-0.4, -0.2) is 0 Å². The smallest absolute Gasteiger partial charge is 1.00 e. The normalized spacial score (nSPS) is 0. The van der Waals surface area contributed by atoms with Crippen molar-refractivity contribution in [1.29, 1.82) is 0 Å². The molecule has 0 aliphatic carbocycles. The van der Waals surface area contributed by atoms with Gasteiger partial charge < -0.3 is 1.43 Å². The summed E-state index contributed by atoms with van der Waals surface area (Å²) in [6.07, 6.45) is 0. The number of rotatable bonds is 0. The minimum Gasteiger partial charge on any atom is -1.00 e. The van der Waals surface area contributed by atoms with Gasteiger partial charge in [-0.2, -0.15) is 0 Å². The van der Waals surface area contributed by atoms with E-state index in [-0.39, 0.29) is 86.7 Å². The summed E-state index contributed by atoms with van der Waals surface area (Å²) in [7, 11) is 0. The SMILES string of the molecule is F.F.F.F.[H-].[Lu].[Na+]. The van der Waals surface area contributed by atoms with Crippen molar-refractivity contribution in [3.05, 3.63) is 0 Å². The van der Waals surface area contributed by atoms with Gasteiger partial charge in [-0.3, -0.25) is 18.8 Å². The van der Waals surface area contributed by atoms with Crippen LogP contribution in [0.4, 0.5) is 18.8 Å². The molecule has 1 radical (unpaired) electrons. The first kappa shape index (κ1) is 101. The van der Waals surface area contributed by atoms with Crippen LogP contribution in [0.1, 0.15) is 1.43 Å². The molecule has 6 heteroatoms. The van der Waals surface area contributed by atoms with Crippen LogP contribution in [0.2, 0.25) is 0 Å². The predicted octanol–water partition coefficient (Wildman–Crippen LogP) is -2.27. The Labute approximate surface area is 85.5 Å². The third kappa shape index (κ3) is 38.3. The summed E-state index contributed by atoms with van der Waals surface area (Å²) < 4.78 is 0. The van der Waals surface area contributed by atoms with Crippen molar-refractivity contribution in [2.24, 2.45) is 0 Å². The maximum absolute atomic E-state index is 0. The van der Waals surface area contributed by atoms with Gasteiger partial charge in [0, 0.05) is 36.9 Å². The van der Waals surface area contributed by atoms with E-state index in [2.05, 4.69) is 0 Å². The summed E-state index contributed by atoms with van der Waals surface area (Å²) in [6.45, 7) is 0. The Bertz CT molecular complexity index is 11.7. The first-order chi connectivity index (χ1) is 0. The summed E-state index contributed by atoms with van der Waals surface area (Å²) in [4.78, 5) is 0. The molecule has 0 heterocycles. The van der Waals surface area contributed by atoms with E-state index in [4.69, 9.17) is 0 Å². The third-order valence-electron chi connectivity index (χ3n) is 0. The Morgan fingerprint density at radius 1 is 0.667 bits per heavy atom. The molecular formula is H5F4LuNa. The van der Waals surface area contributed by atoms with Crippen LogP contribution in [0, 0.1) is 36.9 Å². The van der Waals surface area contributed by atoms with E-state index in [9.17, 15) is 0 Å². The molecule has 0 aromatic heterocycles. The van der Waals surface area contributed by atoms with Crippen molar-refractivity contribution in [2.75, 3.05) is 0 Å². The average molecular weight is 279 g/mol. The second-order valence-corrected chi connectivity index (χ2v) is 0. The monoisotopic (exact) mass is 279 g/mol. The van der Waals surface area contributed by atoms with E-state index in [1.54, 1.807) is 0 Å². The van der Waals surface area contributed by atoms with Crippen LogP contribution < -0.4 is 29.6 Å². The molecule has 0 atom stereocenters. The van der Waals surface area contributed by atoms with E-state index >= 15 is 0 Å². The zero-order valence-corrected chi connectivity index (χ0v) is 6.55. The Morgan fingerprint density at radius 2 is 0.667 bits per heavy atom. The molecule has 0 saturated heterocycles. The van der Waals surface area contributed by atoms with Gasteiger partial charge >= 0.3 is 29.6 Å². The van der Waals surface area contributed by atoms with Crippen LogP contribution in [0.15, 0.2) is 0 Å². The standard InChI is InChI=1S/4FH.Lu.Na.H/h4*1H;;;/q;;;;;+1;-1. The molecular weight excluding hydrogens is 274 g/mol. The molecule has 0 bridgehead atoms. The van der Waals surface area contributed by atoms with Crippen molar-refractivity contribution in [2.45, 2.75) is 0 Å². The number of hydrogen-bond donors (Lipinski definition) is 0. The topological polar surface area (TPSA) is 0 Å². The molecule has 0 nitrogen and oxygen atoms in total. The minimum absolute atomic E-state index is 0. The second-order valence-electron chi connectivity index (χ2n) is 0. The van der Waals surface area contributed by atoms with Crippen molar-refractivity contribution < 1.29 is 86.7 Å². The number of hydrogen-bond acceptors (Lipinski definition) is 0. The molecule has 0 aromatic rings. The van der Waals surface area contributed by atoms with Crippen LogP contribution in [-0.2, 0) is 0 Å². The molecule has 6 heavy (non-hydrogen) atoms. The maximum Gasteiger partial charge on any atom is 1.00 e. The van der Waals surface area contributed by atoms with E-state index in [1.165, 1.54) is 0 Å². The van der Waals surface area contributed by atoms with Gasteiger partial charge in [0.15, 0.2) is 0 Å². The summed E-state index contributed by atoms with van der Waals surface area (Å²) in [5.74, 6) is 0. The van der Waals surface area contributed by atoms with Crippen molar-refractivity contribution in [3.8, 4) is 0 Å². The Hall–Kier alpha value is 1.95. The van der Waals surface area contributed by atoms with Crippen LogP contribution in [0.5, 0.6) is 0 Å². The molecule has 0 amide bonds. The van der Waals surface area contributed by atoms with Crippen molar-refractivity contribution >= 4 is 0 Å². The molecule has 49 valence electrons. The molecule has 0 unspecified atom stereocenters. The first-order valence-electron chi connectivity index (χ1n) is 0. The molecule has 0 saturated carbocycles. The molecule has 0 aliphatic heterocycles. The minimum atomic E-state index is 0. The van der Waals surface area contributed by atoms with Gasteiger partial charge in [-0.15, -0.1) is 0 Å². The fourth-order valence-corrected chi connectivity index (χ4v) is 0. The fourth-order valence-electron chi connectivity index (χ4n) is 0.